The number of hydrogen-bond donors (Lipinski definition) is 1. The van der Waals surface area contributed by atoms with Gasteiger partial charge >= 0.3 is 0 Å². The molecule has 5 nitrogen and oxygen atoms in total. The lowest BCUT2D eigenvalue weighted by molar-refractivity contribution is 0.168. The van der Waals surface area contributed by atoms with E-state index in [4.69, 9.17) is 4.74 Å². The van der Waals surface area contributed by atoms with E-state index in [9.17, 15) is 9.50 Å². The molecule has 1 aromatic carbocycles. The average Bonchev–Trinajstić information content (AvgIpc) is 2.86. The summed E-state index contributed by atoms with van der Waals surface area (Å²) in [5.41, 5.74) is 1.18. The molecule has 0 saturated carbocycles. The Morgan fingerprint density at radius 3 is 2.95 bits per heavy atom. The third kappa shape index (κ3) is 3.08. The molecule has 1 aromatic heterocycles. The summed E-state index contributed by atoms with van der Waals surface area (Å²) in [6.45, 7) is 2.20. The summed E-state index contributed by atoms with van der Waals surface area (Å²) >= 11 is 0. The Bertz CT molecular complexity index is 557. The molecule has 1 heterocycles. The highest BCUT2D eigenvalue weighted by Gasteiger charge is 2.11. The van der Waals surface area contributed by atoms with Crippen molar-refractivity contribution in [2.45, 2.75) is 26.0 Å². The molecular weight excluding hydrogens is 249 g/mol. The number of nitrogens with zero attached hydrogens (tertiary/aromatic N) is 3. The van der Waals surface area contributed by atoms with Gasteiger partial charge in [-0.3, -0.25) is 0 Å². The van der Waals surface area contributed by atoms with Crippen LogP contribution in [-0.2, 0) is 6.54 Å². The Labute approximate surface area is 110 Å². The van der Waals surface area contributed by atoms with Crippen molar-refractivity contribution in [1.82, 2.24) is 15.0 Å². The molecule has 0 bridgehead atoms. The number of aliphatic hydroxyl groups excluding tert-OH is 1. The molecule has 2 aromatic rings. The van der Waals surface area contributed by atoms with Crippen LogP contribution < -0.4 is 4.74 Å². The van der Waals surface area contributed by atoms with Gasteiger partial charge in [0.2, 0.25) is 0 Å². The fraction of sp³-hybridized carbons (Fsp3) is 0.385. The summed E-state index contributed by atoms with van der Waals surface area (Å²) in [6, 6.07) is 4.32. The van der Waals surface area contributed by atoms with Crippen molar-refractivity contribution >= 4 is 0 Å². The Morgan fingerprint density at radius 1 is 1.47 bits per heavy atom. The minimum atomic E-state index is -0.622. The molecule has 0 saturated heterocycles. The summed E-state index contributed by atoms with van der Waals surface area (Å²) in [6.07, 6.45) is 1.60. The van der Waals surface area contributed by atoms with E-state index in [1.165, 1.54) is 19.2 Å². The molecular formula is C13H16FN3O2. The van der Waals surface area contributed by atoms with E-state index in [1.807, 2.05) is 6.92 Å². The van der Waals surface area contributed by atoms with E-state index in [2.05, 4.69) is 10.3 Å². The van der Waals surface area contributed by atoms with Crippen LogP contribution in [0.2, 0.25) is 0 Å². The fourth-order valence-electron chi connectivity index (χ4n) is 1.80. The second kappa shape index (κ2) is 5.79. The van der Waals surface area contributed by atoms with Gasteiger partial charge in [0.05, 0.1) is 26.0 Å². The Morgan fingerprint density at radius 2 is 2.26 bits per heavy atom. The summed E-state index contributed by atoms with van der Waals surface area (Å²) in [5.74, 6) is 0.263. The number of methoxy groups -OCH3 is 1. The molecule has 1 N–H and O–H groups in total. The molecule has 6 heteroatoms. The first-order valence-electron chi connectivity index (χ1n) is 6.04. The third-order valence-electron chi connectivity index (χ3n) is 2.86. The molecule has 1 atom stereocenters. The fourth-order valence-corrected chi connectivity index (χ4v) is 1.80. The molecule has 0 aliphatic heterocycles. The number of rotatable bonds is 5. The first-order valence-corrected chi connectivity index (χ1v) is 6.04. The van der Waals surface area contributed by atoms with E-state index < -0.39 is 6.10 Å². The topological polar surface area (TPSA) is 60.2 Å². The minimum absolute atomic E-state index is 0.329. The number of hydrogen-bond acceptors (Lipinski definition) is 4. The molecule has 1 unspecified atom stereocenters. The van der Waals surface area contributed by atoms with Crippen LogP contribution in [0.15, 0.2) is 24.4 Å². The highest BCUT2D eigenvalue weighted by Crippen LogP contribution is 2.20. The van der Waals surface area contributed by atoms with Crippen molar-refractivity contribution in [3.63, 3.8) is 0 Å². The number of ether oxygens (including phenoxy) is 1. The predicted molar refractivity (Wildman–Crippen MR) is 67.3 cm³/mol. The molecule has 2 rings (SSSR count). The second-order valence-corrected chi connectivity index (χ2v) is 4.22. The van der Waals surface area contributed by atoms with Crippen LogP contribution in [0, 0.1) is 5.82 Å². The van der Waals surface area contributed by atoms with Crippen molar-refractivity contribution < 1.29 is 14.2 Å². The smallest absolute Gasteiger partial charge is 0.124 e. The van der Waals surface area contributed by atoms with E-state index in [0.717, 1.165) is 0 Å². The SMILES string of the molecule is CCC(O)c1cn(Cc2cc(F)ccc2OC)nn1. The Kier molecular flexibility index (Phi) is 4.11. The molecule has 0 aliphatic carbocycles. The maximum Gasteiger partial charge on any atom is 0.124 e. The van der Waals surface area contributed by atoms with Crippen molar-refractivity contribution in [2.24, 2.45) is 0 Å². The summed E-state index contributed by atoms with van der Waals surface area (Å²) in [7, 11) is 1.53. The maximum absolute atomic E-state index is 13.2. The summed E-state index contributed by atoms with van der Waals surface area (Å²) in [4.78, 5) is 0. The van der Waals surface area contributed by atoms with Crippen LogP contribution in [-0.4, -0.2) is 27.2 Å². The molecule has 19 heavy (non-hydrogen) atoms. The zero-order valence-corrected chi connectivity index (χ0v) is 10.9. The Balaban J connectivity index is 2.21. The zero-order chi connectivity index (χ0) is 13.8. The number of halogens is 1. The zero-order valence-electron chi connectivity index (χ0n) is 10.9. The first kappa shape index (κ1) is 13.5. The Hall–Kier alpha value is -1.95. The molecule has 0 aliphatic rings. The van der Waals surface area contributed by atoms with E-state index in [1.54, 1.807) is 16.9 Å². The van der Waals surface area contributed by atoms with Crippen LogP contribution in [0.5, 0.6) is 5.75 Å². The van der Waals surface area contributed by atoms with Crippen LogP contribution in [0.4, 0.5) is 4.39 Å². The van der Waals surface area contributed by atoms with Gasteiger partial charge in [-0.05, 0) is 24.6 Å². The van der Waals surface area contributed by atoms with Gasteiger partial charge in [0.15, 0.2) is 0 Å². The van der Waals surface area contributed by atoms with E-state index in [-0.39, 0.29) is 5.82 Å². The normalized spacial score (nSPS) is 12.4. The summed E-state index contributed by atoms with van der Waals surface area (Å²) in [5, 5.41) is 17.5. The van der Waals surface area contributed by atoms with Crippen molar-refractivity contribution in [1.29, 1.82) is 0 Å². The summed E-state index contributed by atoms with van der Waals surface area (Å²) < 4.78 is 20.0. The van der Waals surface area contributed by atoms with Gasteiger partial charge in [0.25, 0.3) is 0 Å². The monoisotopic (exact) mass is 265 g/mol. The van der Waals surface area contributed by atoms with Crippen LogP contribution in [0.1, 0.15) is 30.7 Å². The van der Waals surface area contributed by atoms with Gasteiger partial charge in [-0.25, -0.2) is 9.07 Å². The molecule has 0 radical (unpaired) electrons. The van der Waals surface area contributed by atoms with Crippen molar-refractivity contribution in [3.8, 4) is 5.75 Å². The lowest BCUT2D eigenvalue weighted by Gasteiger charge is -2.08. The van der Waals surface area contributed by atoms with Crippen LogP contribution >= 0.6 is 0 Å². The van der Waals surface area contributed by atoms with Gasteiger partial charge in [-0.2, -0.15) is 0 Å². The number of aromatic nitrogens is 3. The molecule has 102 valence electrons. The van der Waals surface area contributed by atoms with Gasteiger partial charge in [0, 0.05) is 5.56 Å². The standard InChI is InChI=1S/C13H16FN3O2/c1-3-12(18)11-8-17(16-15-11)7-9-6-10(14)4-5-13(9)19-2/h4-6,8,12,18H,3,7H2,1-2H3. The van der Waals surface area contributed by atoms with Gasteiger partial charge in [0.1, 0.15) is 17.3 Å². The lowest BCUT2D eigenvalue weighted by Crippen LogP contribution is -2.03. The largest absolute Gasteiger partial charge is 0.496 e. The molecule has 0 spiro atoms. The van der Waals surface area contributed by atoms with Gasteiger partial charge in [-0.15, -0.1) is 5.10 Å². The highest BCUT2D eigenvalue weighted by molar-refractivity contribution is 5.34. The average molecular weight is 265 g/mol. The highest BCUT2D eigenvalue weighted by atomic mass is 19.1. The van der Waals surface area contributed by atoms with Crippen LogP contribution in [0.3, 0.4) is 0 Å². The van der Waals surface area contributed by atoms with Crippen molar-refractivity contribution in [2.75, 3.05) is 7.11 Å². The third-order valence-corrected chi connectivity index (χ3v) is 2.86. The number of aliphatic hydroxyl groups is 1. The minimum Gasteiger partial charge on any atom is -0.496 e. The van der Waals surface area contributed by atoms with E-state index >= 15 is 0 Å². The van der Waals surface area contributed by atoms with Crippen LogP contribution in [0.25, 0.3) is 0 Å². The quantitative estimate of drug-likeness (QED) is 0.897. The first-order chi connectivity index (χ1) is 9.13. The molecule has 0 amide bonds. The van der Waals surface area contributed by atoms with Crippen molar-refractivity contribution in [3.05, 3.63) is 41.5 Å². The molecule has 0 fully saturated rings. The predicted octanol–water partition coefficient (Wildman–Crippen LogP) is 1.92. The maximum atomic E-state index is 13.2. The second-order valence-electron chi connectivity index (χ2n) is 4.22. The number of benzene rings is 1. The van der Waals surface area contributed by atoms with Gasteiger partial charge < -0.3 is 9.84 Å². The lowest BCUT2D eigenvalue weighted by atomic mass is 10.2. The van der Waals surface area contributed by atoms with Gasteiger partial charge in [-0.1, -0.05) is 12.1 Å². The van der Waals surface area contributed by atoms with E-state index in [0.29, 0.717) is 30.0 Å².